The third-order valence-electron chi connectivity index (χ3n) is 5.09. The minimum atomic E-state index is -0.694. The average molecular weight is 438 g/mol. The number of esters is 1. The van der Waals surface area contributed by atoms with Gasteiger partial charge in [0.25, 0.3) is 0 Å². The third kappa shape index (κ3) is 4.91. The lowest BCUT2D eigenvalue weighted by Gasteiger charge is -2.30. The summed E-state index contributed by atoms with van der Waals surface area (Å²) in [5.41, 5.74) is 3.72. The number of hydrogen-bond donors (Lipinski definition) is 2. The molecule has 0 radical (unpaired) electrons. The van der Waals surface area contributed by atoms with Gasteiger partial charge in [-0.2, -0.15) is 0 Å². The van der Waals surface area contributed by atoms with Gasteiger partial charge in [0.1, 0.15) is 12.9 Å². The highest BCUT2D eigenvalue weighted by Crippen LogP contribution is 2.32. The van der Waals surface area contributed by atoms with Crippen LogP contribution in [0.4, 0.5) is 4.79 Å². The molecule has 0 aliphatic carbocycles. The second kappa shape index (κ2) is 10.00. The predicted molar refractivity (Wildman–Crippen MR) is 118 cm³/mol. The smallest absolute Gasteiger partial charge is 0.338 e. The number of ether oxygens (including phenoxy) is 3. The van der Waals surface area contributed by atoms with Crippen LogP contribution in [0.2, 0.25) is 0 Å². The minimum absolute atomic E-state index is 0.111. The van der Waals surface area contributed by atoms with Crippen LogP contribution in [0.25, 0.3) is 0 Å². The number of carbonyl (C=O) groups excluding carboxylic acids is 3. The van der Waals surface area contributed by atoms with Crippen LogP contribution >= 0.6 is 0 Å². The Morgan fingerprint density at radius 2 is 1.91 bits per heavy atom. The number of methoxy groups -OCH3 is 1. The quantitative estimate of drug-likeness (QED) is 0.484. The summed E-state index contributed by atoms with van der Waals surface area (Å²) in [6.07, 6.45) is 0.704. The number of benzene rings is 2. The van der Waals surface area contributed by atoms with Crippen molar-refractivity contribution in [3.05, 3.63) is 69.9 Å². The summed E-state index contributed by atoms with van der Waals surface area (Å²) in [7, 11) is 1.46. The van der Waals surface area contributed by atoms with Crippen LogP contribution in [-0.4, -0.2) is 38.6 Å². The second-order valence-corrected chi connectivity index (χ2v) is 7.32. The van der Waals surface area contributed by atoms with Crippen molar-refractivity contribution in [2.24, 2.45) is 0 Å². The van der Waals surface area contributed by atoms with Gasteiger partial charge in [-0.1, -0.05) is 23.8 Å². The van der Waals surface area contributed by atoms with Crippen molar-refractivity contribution in [1.29, 1.82) is 0 Å². The highest BCUT2D eigenvalue weighted by molar-refractivity contribution is 5.95. The number of hydrogen-bond acceptors (Lipinski definition) is 6. The topological polar surface area (TPSA) is 103 Å². The van der Waals surface area contributed by atoms with Gasteiger partial charge >= 0.3 is 12.0 Å². The third-order valence-corrected chi connectivity index (χ3v) is 5.09. The maximum absolute atomic E-state index is 12.9. The van der Waals surface area contributed by atoms with Crippen LogP contribution in [0.1, 0.15) is 40.0 Å². The summed E-state index contributed by atoms with van der Waals surface area (Å²) in [6, 6.07) is 9.43. The summed E-state index contributed by atoms with van der Waals surface area (Å²) >= 11 is 0. The molecule has 32 heavy (non-hydrogen) atoms. The van der Waals surface area contributed by atoms with Gasteiger partial charge in [-0.05, 0) is 50.1 Å². The summed E-state index contributed by atoms with van der Waals surface area (Å²) in [4.78, 5) is 36.4. The van der Waals surface area contributed by atoms with Crippen molar-refractivity contribution >= 4 is 18.3 Å². The van der Waals surface area contributed by atoms with Crippen molar-refractivity contribution in [2.45, 2.75) is 26.8 Å². The van der Waals surface area contributed by atoms with Gasteiger partial charge in [-0.25, -0.2) is 9.59 Å². The van der Waals surface area contributed by atoms with Crippen molar-refractivity contribution in [3.63, 3.8) is 0 Å². The van der Waals surface area contributed by atoms with E-state index in [-0.39, 0.29) is 18.8 Å². The van der Waals surface area contributed by atoms with E-state index in [4.69, 9.17) is 14.2 Å². The molecule has 2 amide bonds. The number of nitrogens with one attached hydrogen (secondary N) is 2. The molecule has 1 aliphatic heterocycles. The van der Waals surface area contributed by atoms with Gasteiger partial charge in [0.2, 0.25) is 0 Å². The first-order valence-electron chi connectivity index (χ1n) is 10.2. The first kappa shape index (κ1) is 22.9. The van der Waals surface area contributed by atoms with Gasteiger partial charge in [0.05, 0.1) is 31.0 Å². The fraction of sp³-hybridized carbons (Fsp3) is 0.292. The summed E-state index contributed by atoms with van der Waals surface area (Å²) in [5.74, 6) is 0.178. The van der Waals surface area contributed by atoms with Crippen molar-refractivity contribution in [2.75, 3.05) is 20.3 Å². The number of urea groups is 1. The van der Waals surface area contributed by atoms with Crippen molar-refractivity contribution < 1.29 is 28.6 Å². The minimum Gasteiger partial charge on any atom is -0.493 e. The largest absolute Gasteiger partial charge is 0.493 e. The Kier molecular flexibility index (Phi) is 7.14. The Bertz CT molecular complexity index is 1080. The highest BCUT2D eigenvalue weighted by Gasteiger charge is 2.34. The molecule has 8 nitrogen and oxygen atoms in total. The number of aldehydes is 1. The van der Waals surface area contributed by atoms with Crippen molar-refractivity contribution in [1.82, 2.24) is 10.6 Å². The molecule has 3 rings (SSSR count). The monoisotopic (exact) mass is 438 g/mol. The molecule has 0 spiro atoms. The lowest BCUT2D eigenvalue weighted by atomic mass is 9.91. The molecule has 1 heterocycles. The first-order chi connectivity index (χ1) is 15.4. The maximum Gasteiger partial charge on any atom is 0.338 e. The van der Waals surface area contributed by atoms with E-state index < -0.39 is 18.0 Å². The van der Waals surface area contributed by atoms with Crippen LogP contribution < -0.4 is 20.1 Å². The molecule has 0 saturated carbocycles. The molecule has 1 atom stereocenters. The van der Waals surface area contributed by atoms with E-state index in [1.165, 1.54) is 7.11 Å². The lowest BCUT2D eigenvalue weighted by molar-refractivity contribution is -0.139. The molecule has 2 aromatic carbocycles. The Hall–Kier alpha value is -3.81. The molecular formula is C24H26N2O6. The maximum atomic E-state index is 12.9. The lowest BCUT2D eigenvalue weighted by Crippen LogP contribution is -2.47. The van der Waals surface area contributed by atoms with Crippen LogP contribution in [0, 0.1) is 13.8 Å². The molecule has 0 aromatic heterocycles. The second-order valence-electron chi connectivity index (χ2n) is 7.32. The standard InChI is InChI=1S/C24H26N2O6/c1-5-31-23(28)21-18(13-32-19-9-8-16(12-27)11-20(19)30-4)25-24(29)26-22(21)17-10-14(2)6-7-15(17)3/h6-12,22H,5,13H2,1-4H3,(H2,25,26,29)/t22-/m1/s1. The Labute approximate surface area is 186 Å². The molecule has 8 heteroatoms. The Morgan fingerprint density at radius 1 is 1.12 bits per heavy atom. The van der Waals surface area contributed by atoms with E-state index in [9.17, 15) is 14.4 Å². The van der Waals surface area contributed by atoms with Crippen LogP contribution in [0.5, 0.6) is 11.5 Å². The molecule has 0 saturated heterocycles. The van der Waals surface area contributed by atoms with Gasteiger partial charge in [0.15, 0.2) is 11.5 Å². The fourth-order valence-corrected chi connectivity index (χ4v) is 3.51. The van der Waals surface area contributed by atoms with Crippen LogP contribution in [-0.2, 0) is 9.53 Å². The number of carbonyl (C=O) groups is 3. The Balaban J connectivity index is 2.02. The number of aryl methyl sites for hydroxylation is 2. The Morgan fingerprint density at radius 3 is 2.59 bits per heavy atom. The zero-order valence-electron chi connectivity index (χ0n) is 18.5. The summed E-state index contributed by atoms with van der Waals surface area (Å²) in [5, 5.41) is 5.50. The van der Waals surface area contributed by atoms with E-state index in [0.717, 1.165) is 16.7 Å². The molecule has 0 fully saturated rings. The molecule has 168 valence electrons. The van der Waals surface area contributed by atoms with E-state index in [0.29, 0.717) is 29.0 Å². The zero-order chi connectivity index (χ0) is 23.3. The highest BCUT2D eigenvalue weighted by atomic mass is 16.5. The van der Waals surface area contributed by atoms with E-state index in [1.807, 2.05) is 32.0 Å². The summed E-state index contributed by atoms with van der Waals surface area (Å²) < 4.78 is 16.4. The molecule has 2 aromatic rings. The fourth-order valence-electron chi connectivity index (χ4n) is 3.51. The zero-order valence-corrected chi connectivity index (χ0v) is 18.5. The SMILES string of the molecule is CCOC(=O)C1=C(COc2ccc(C=O)cc2OC)NC(=O)N[C@@H]1c1cc(C)ccc1C. The summed E-state index contributed by atoms with van der Waals surface area (Å²) in [6.45, 7) is 5.65. The molecule has 1 aliphatic rings. The van der Waals surface area contributed by atoms with Gasteiger partial charge < -0.3 is 24.8 Å². The first-order valence-corrected chi connectivity index (χ1v) is 10.2. The van der Waals surface area contributed by atoms with E-state index >= 15 is 0 Å². The molecular weight excluding hydrogens is 412 g/mol. The van der Waals surface area contributed by atoms with E-state index in [2.05, 4.69) is 10.6 Å². The average Bonchev–Trinajstić information content (AvgIpc) is 2.78. The van der Waals surface area contributed by atoms with Gasteiger partial charge in [-0.15, -0.1) is 0 Å². The molecule has 0 bridgehead atoms. The van der Waals surface area contributed by atoms with Gasteiger partial charge in [0, 0.05) is 5.56 Å². The van der Waals surface area contributed by atoms with Crippen LogP contribution in [0.3, 0.4) is 0 Å². The molecule has 2 N–H and O–H groups in total. The van der Waals surface area contributed by atoms with Crippen molar-refractivity contribution in [3.8, 4) is 11.5 Å². The predicted octanol–water partition coefficient (Wildman–Crippen LogP) is 3.37. The normalized spacial score (nSPS) is 15.5. The van der Waals surface area contributed by atoms with E-state index in [1.54, 1.807) is 25.1 Å². The number of amides is 2. The molecule has 0 unspecified atom stereocenters. The van der Waals surface area contributed by atoms with Gasteiger partial charge in [-0.3, -0.25) is 4.79 Å². The number of rotatable bonds is 8. The van der Waals surface area contributed by atoms with Crippen LogP contribution in [0.15, 0.2) is 47.7 Å².